The van der Waals surface area contributed by atoms with Crippen molar-refractivity contribution in [1.82, 2.24) is 9.97 Å². The normalized spacial score (nSPS) is 10.4. The zero-order valence-corrected chi connectivity index (χ0v) is 9.45. The Morgan fingerprint density at radius 2 is 2.15 bits per heavy atom. The van der Waals surface area contributed by atoms with Crippen molar-refractivity contribution in [2.75, 3.05) is 11.6 Å². The molecule has 0 radical (unpaired) electrons. The number of hydrogen-bond acceptors (Lipinski definition) is 3. The molecule has 0 atom stereocenters. The molecule has 0 spiro atoms. The molecule has 0 aliphatic carbocycles. The third-order valence-corrected chi connectivity index (χ3v) is 2.95. The minimum Gasteiger partial charge on any atom is -0.257 e. The Kier molecular flexibility index (Phi) is 4.53. The molecule has 0 bridgehead atoms. The molecule has 0 amide bonds. The molecule has 1 aromatic rings. The topological polar surface area (TPSA) is 25.8 Å². The van der Waals surface area contributed by atoms with Gasteiger partial charge in [0.25, 0.3) is 0 Å². The standard InChI is InChI=1S/C9H13ClN2S/c1-7-8(2)12-9(6-11-7)13-5-3-4-10/h6H,3-5H2,1-2H3. The molecule has 72 valence electrons. The van der Waals surface area contributed by atoms with Crippen LogP contribution in [0.5, 0.6) is 0 Å². The first-order chi connectivity index (χ1) is 6.24. The molecular formula is C9H13ClN2S. The van der Waals surface area contributed by atoms with Gasteiger partial charge < -0.3 is 0 Å². The molecule has 0 fully saturated rings. The Labute approximate surface area is 88.1 Å². The minimum absolute atomic E-state index is 0.714. The maximum atomic E-state index is 5.57. The zero-order chi connectivity index (χ0) is 9.68. The lowest BCUT2D eigenvalue weighted by Gasteiger charge is -2.01. The third kappa shape index (κ3) is 3.53. The van der Waals surface area contributed by atoms with Gasteiger partial charge in [-0.15, -0.1) is 23.4 Å². The summed E-state index contributed by atoms with van der Waals surface area (Å²) in [6.45, 7) is 3.95. The van der Waals surface area contributed by atoms with Crippen LogP contribution in [-0.4, -0.2) is 21.6 Å². The van der Waals surface area contributed by atoms with Crippen LogP contribution in [-0.2, 0) is 0 Å². The van der Waals surface area contributed by atoms with Crippen molar-refractivity contribution < 1.29 is 0 Å². The number of nitrogens with zero attached hydrogens (tertiary/aromatic N) is 2. The summed E-state index contributed by atoms with van der Waals surface area (Å²) in [6, 6.07) is 0. The number of aryl methyl sites for hydroxylation is 2. The van der Waals surface area contributed by atoms with Crippen LogP contribution >= 0.6 is 23.4 Å². The Morgan fingerprint density at radius 3 is 2.77 bits per heavy atom. The number of halogens is 1. The van der Waals surface area contributed by atoms with E-state index in [4.69, 9.17) is 11.6 Å². The predicted octanol–water partition coefficient (Wildman–Crippen LogP) is 2.81. The maximum Gasteiger partial charge on any atom is 0.115 e. The molecule has 0 saturated carbocycles. The molecule has 13 heavy (non-hydrogen) atoms. The largest absolute Gasteiger partial charge is 0.257 e. The average molecular weight is 217 g/mol. The van der Waals surface area contributed by atoms with Gasteiger partial charge in [-0.2, -0.15) is 0 Å². The molecule has 4 heteroatoms. The number of aromatic nitrogens is 2. The maximum absolute atomic E-state index is 5.57. The molecule has 0 saturated heterocycles. The van der Waals surface area contributed by atoms with Gasteiger partial charge in [-0.3, -0.25) is 4.98 Å². The second kappa shape index (κ2) is 5.45. The quantitative estimate of drug-likeness (QED) is 0.440. The number of rotatable bonds is 4. The van der Waals surface area contributed by atoms with Gasteiger partial charge in [0.05, 0.1) is 17.6 Å². The van der Waals surface area contributed by atoms with Crippen molar-refractivity contribution >= 4 is 23.4 Å². The van der Waals surface area contributed by atoms with E-state index in [9.17, 15) is 0 Å². The fourth-order valence-electron chi connectivity index (χ4n) is 0.821. The van der Waals surface area contributed by atoms with Gasteiger partial charge in [0, 0.05) is 11.6 Å². The van der Waals surface area contributed by atoms with Gasteiger partial charge in [0.1, 0.15) is 5.03 Å². The Hall–Kier alpha value is -0.280. The number of thioether (sulfide) groups is 1. The Balaban J connectivity index is 2.53. The van der Waals surface area contributed by atoms with E-state index < -0.39 is 0 Å². The average Bonchev–Trinajstić information content (AvgIpc) is 2.12. The molecular weight excluding hydrogens is 204 g/mol. The van der Waals surface area contributed by atoms with Crippen molar-refractivity contribution in [2.24, 2.45) is 0 Å². The summed E-state index contributed by atoms with van der Waals surface area (Å²) >= 11 is 7.28. The van der Waals surface area contributed by atoms with Crippen molar-refractivity contribution in [3.63, 3.8) is 0 Å². The van der Waals surface area contributed by atoms with E-state index in [-0.39, 0.29) is 0 Å². The van der Waals surface area contributed by atoms with Gasteiger partial charge in [0.2, 0.25) is 0 Å². The van der Waals surface area contributed by atoms with E-state index >= 15 is 0 Å². The van der Waals surface area contributed by atoms with E-state index in [0.29, 0.717) is 5.88 Å². The fraction of sp³-hybridized carbons (Fsp3) is 0.556. The minimum atomic E-state index is 0.714. The van der Waals surface area contributed by atoms with Crippen LogP contribution in [0.4, 0.5) is 0 Å². The van der Waals surface area contributed by atoms with Crippen LogP contribution in [0.25, 0.3) is 0 Å². The summed E-state index contributed by atoms with van der Waals surface area (Å²) in [5.41, 5.74) is 2.01. The second-order valence-electron chi connectivity index (χ2n) is 2.77. The first-order valence-electron chi connectivity index (χ1n) is 4.23. The zero-order valence-electron chi connectivity index (χ0n) is 7.88. The van der Waals surface area contributed by atoms with Crippen LogP contribution in [0, 0.1) is 13.8 Å². The first-order valence-corrected chi connectivity index (χ1v) is 5.75. The van der Waals surface area contributed by atoms with Crippen molar-refractivity contribution in [2.45, 2.75) is 25.3 Å². The molecule has 1 rings (SSSR count). The third-order valence-electron chi connectivity index (χ3n) is 1.70. The van der Waals surface area contributed by atoms with E-state index in [0.717, 1.165) is 28.6 Å². The predicted molar refractivity (Wildman–Crippen MR) is 57.6 cm³/mol. The van der Waals surface area contributed by atoms with Gasteiger partial charge in [0.15, 0.2) is 0 Å². The van der Waals surface area contributed by atoms with Gasteiger partial charge >= 0.3 is 0 Å². The lowest BCUT2D eigenvalue weighted by molar-refractivity contribution is 0.954. The van der Waals surface area contributed by atoms with Crippen LogP contribution in [0.2, 0.25) is 0 Å². The molecule has 0 aliphatic heterocycles. The summed E-state index contributed by atoms with van der Waals surface area (Å²) in [4.78, 5) is 8.64. The van der Waals surface area contributed by atoms with Gasteiger partial charge in [-0.05, 0) is 20.3 Å². The number of hydrogen-bond donors (Lipinski definition) is 0. The molecule has 0 N–H and O–H groups in total. The number of alkyl halides is 1. The lowest BCUT2D eigenvalue weighted by atomic mass is 10.4. The fourth-order valence-corrected chi connectivity index (χ4v) is 1.94. The molecule has 1 aromatic heterocycles. The SMILES string of the molecule is Cc1ncc(SCCCCl)nc1C. The Morgan fingerprint density at radius 1 is 1.38 bits per heavy atom. The van der Waals surface area contributed by atoms with E-state index in [1.165, 1.54) is 0 Å². The summed E-state index contributed by atoms with van der Waals surface area (Å²) < 4.78 is 0. The summed E-state index contributed by atoms with van der Waals surface area (Å²) in [5, 5.41) is 0.994. The van der Waals surface area contributed by atoms with Crippen molar-refractivity contribution in [3.05, 3.63) is 17.6 Å². The summed E-state index contributed by atoms with van der Waals surface area (Å²) in [6.07, 6.45) is 2.84. The molecule has 1 heterocycles. The highest BCUT2D eigenvalue weighted by Crippen LogP contribution is 2.16. The van der Waals surface area contributed by atoms with Crippen molar-refractivity contribution in [1.29, 1.82) is 0 Å². The van der Waals surface area contributed by atoms with Crippen LogP contribution in [0.3, 0.4) is 0 Å². The summed E-state index contributed by atoms with van der Waals surface area (Å²) in [5.74, 6) is 1.73. The summed E-state index contributed by atoms with van der Waals surface area (Å²) in [7, 11) is 0. The van der Waals surface area contributed by atoms with Gasteiger partial charge in [-0.1, -0.05) is 0 Å². The van der Waals surface area contributed by atoms with Crippen LogP contribution in [0.15, 0.2) is 11.2 Å². The highest BCUT2D eigenvalue weighted by atomic mass is 35.5. The van der Waals surface area contributed by atoms with E-state index in [2.05, 4.69) is 9.97 Å². The first kappa shape index (κ1) is 10.8. The highest BCUT2D eigenvalue weighted by Gasteiger charge is 1.99. The van der Waals surface area contributed by atoms with E-state index in [1.54, 1.807) is 11.8 Å². The van der Waals surface area contributed by atoms with Gasteiger partial charge in [-0.25, -0.2) is 4.98 Å². The molecule has 0 aliphatic rings. The van der Waals surface area contributed by atoms with Crippen LogP contribution in [0.1, 0.15) is 17.8 Å². The monoisotopic (exact) mass is 216 g/mol. The van der Waals surface area contributed by atoms with Crippen molar-refractivity contribution in [3.8, 4) is 0 Å². The van der Waals surface area contributed by atoms with Crippen LogP contribution < -0.4 is 0 Å². The molecule has 2 nitrogen and oxygen atoms in total. The second-order valence-corrected chi connectivity index (χ2v) is 4.26. The lowest BCUT2D eigenvalue weighted by Crippen LogP contribution is -1.93. The molecule has 0 unspecified atom stereocenters. The Bertz CT molecular complexity index is 278. The highest BCUT2D eigenvalue weighted by molar-refractivity contribution is 7.99. The van der Waals surface area contributed by atoms with E-state index in [1.807, 2.05) is 20.0 Å². The molecule has 0 aromatic carbocycles. The smallest absolute Gasteiger partial charge is 0.115 e.